The fraction of sp³-hybridized carbons (Fsp3) is 0.389. The van der Waals surface area contributed by atoms with E-state index in [1.807, 2.05) is 0 Å². The number of unbranched alkanes of at least 4 members (excludes halogenated alkanes) is 1. The summed E-state index contributed by atoms with van der Waals surface area (Å²) in [5.41, 5.74) is 5.97. The predicted octanol–water partition coefficient (Wildman–Crippen LogP) is 0.647. The fourth-order valence-corrected chi connectivity index (χ4v) is 2.28. The van der Waals surface area contributed by atoms with Gasteiger partial charge in [-0.15, -0.1) is 12.3 Å². The van der Waals surface area contributed by atoms with Gasteiger partial charge in [0.15, 0.2) is 0 Å². The maximum atomic E-state index is 13.0. The van der Waals surface area contributed by atoms with E-state index < -0.39 is 35.6 Å². The van der Waals surface area contributed by atoms with Crippen LogP contribution in [0, 0.1) is 18.2 Å². The molecule has 0 heterocycles. The van der Waals surface area contributed by atoms with Gasteiger partial charge in [0.05, 0.1) is 0 Å². The van der Waals surface area contributed by atoms with E-state index >= 15 is 0 Å². The second kappa shape index (κ2) is 10.1. The van der Waals surface area contributed by atoms with Crippen molar-refractivity contribution >= 4 is 17.7 Å². The third-order valence-corrected chi connectivity index (χ3v) is 3.52. The SMILES string of the molecule is C#CCCC[C@@H](NC(=O)[C@@H](Cc1ccc(F)cc1)NC(C)=O)C(N)=O. The Morgan fingerprint density at radius 3 is 2.36 bits per heavy atom. The molecule has 0 fully saturated rings. The van der Waals surface area contributed by atoms with Crippen LogP contribution in [0.4, 0.5) is 4.39 Å². The highest BCUT2D eigenvalue weighted by Gasteiger charge is 2.25. The fourth-order valence-electron chi connectivity index (χ4n) is 2.28. The molecule has 0 aliphatic heterocycles. The summed E-state index contributed by atoms with van der Waals surface area (Å²) in [7, 11) is 0. The molecule has 6 nitrogen and oxygen atoms in total. The summed E-state index contributed by atoms with van der Waals surface area (Å²) in [6.07, 6.45) is 6.63. The highest BCUT2D eigenvalue weighted by atomic mass is 19.1. The second-order valence-corrected chi connectivity index (χ2v) is 5.64. The van der Waals surface area contributed by atoms with Gasteiger partial charge in [0.1, 0.15) is 17.9 Å². The molecule has 0 aliphatic rings. The van der Waals surface area contributed by atoms with Crippen LogP contribution in [-0.2, 0) is 20.8 Å². The summed E-state index contributed by atoms with van der Waals surface area (Å²) in [4.78, 5) is 35.3. The second-order valence-electron chi connectivity index (χ2n) is 5.64. The molecule has 1 aromatic carbocycles. The normalized spacial score (nSPS) is 12.5. The van der Waals surface area contributed by atoms with Gasteiger partial charge in [0.25, 0.3) is 0 Å². The van der Waals surface area contributed by atoms with Gasteiger partial charge in [-0.3, -0.25) is 14.4 Å². The molecule has 0 spiro atoms. The summed E-state index contributed by atoms with van der Waals surface area (Å²) in [6, 6.07) is 3.81. The van der Waals surface area contributed by atoms with Crippen molar-refractivity contribution in [2.45, 2.75) is 44.7 Å². The number of halogens is 1. The first-order valence-corrected chi connectivity index (χ1v) is 7.88. The summed E-state index contributed by atoms with van der Waals surface area (Å²) in [6.45, 7) is 1.28. The van der Waals surface area contributed by atoms with Crippen molar-refractivity contribution in [3.05, 3.63) is 35.6 Å². The van der Waals surface area contributed by atoms with Gasteiger partial charge in [-0.2, -0.15) is 0 Å². The van der Waals surface area contributed by atoms with E-state index in [0.29, 0.717) is 24.8 Å². The van der Waals surface area contributed by atoms with Gasteiger partial charge in [-0.05, 0) is 30.5 Å². The number of hydrogen-bond acceptors (Lipinski definition) is 3. The maximum absolute atomic E-state index is 13.0. The van der Waals surface area contributed by atoms with E-state index in [2.05, 4.69) is 16.6 Å². The van der Waals surface area contributed by atoms with Crippen molar-refractivity contribution in [2.75, 3.05) is 0 Å². The third-order valence-electron chi connectivity index (χ3n) is 3.52. The molecule has 0 bridgehead atoms. The number of carbonyl (C=O) groups excluding carboxylic acids is 3. The van der Waals surface area contributed by atoms with Crippen LogP contribution in [0.2, 0.25) is 0 Å². The lowest BCUT2D eigenvalue weighted by Crippen LogP contribution is -2.53. The highest BCUT2D eigenvalue weighted by Crippen LogP contribution is 2.07. The minimum absolute atomic E-state index is 0.154. The molecule has 0 saturated carbocycles. The van der Waals surface area contributed by atoms with Crippen molar-refractivity contribution < 1.29 is 18.8 Å². The Morgan fingerprint density at radius 1 is 1.20 bits per heavy atom. The minimum Gasteiger partial charge on any atom is -0.368 e. The van der Waals surface area contributed by atoms with E-state index in [-0.39, 0.29) is 6.42 Å². The number of primary amides is 1. The lowest BCUT2D eigenvalue weighted by molar-refractivity contribution is -0.130. The Balaban J connectivity index is 2.80. The van der Waals surface area contributed by atoms with Gasteiger partial charge in [-0.1, -0.05) is 12.1 Å². The van der Waals surface area contributed by atoms with Gasteiger partial charge in [-0.25, -0.2) is 4.39 Å². The average molecular weight is 347 g/mol. The van der Waals surface area contributed by atoms with Crippen LogP contribution in [0.15, 0.2) is 24.3 Å². The molecule has 7 heteroatoms. The largest absolute Gasteiger partial charge is 0.368 e. The molecule has 0 saturated heterocycles. The van der Waals surface area contributed by atoms with Crippen LogP contribution in [0.1, 0.15) is 31.7 Å². The molecule has 0 radical (unpaired) electrons. The van der Waals surface area contributed by atoms with Gasteiger partial charge in [0.2, 0.25) is 17.7 Å². The Morgan fingerprint density at radius 2 is 1.84 bits per heavy atom. The number of amides is 3. The standard InChI is InChI=1S/C18H22FN3O3/c1-3-4-5-6-15(17(20)24)22-18(25)16(21-12(2)23)11-13-7-9-14(19)10-8-13/h1,7-10,15-16H,4-6,11H2,2H3,(H2,20,24)(H,21,23)(H,22,25)/t15-,16-/m1/s1. The van der Waals surface area contributed by atoms with Gasteiger partial charge < -0.3 is 16.4 Å². The van der Waals surface area contributed by atoms with Crippen molar-refractivity contribution in [3.8, 4) is 12.3 Å². The van der Waals surface area contributed by atoms with Crippen molar-refractivity contribution in [2.24, 2.45) is 5.73 Å². The smallest absolute Gasteiger partial charge is 0.243 e. The van der Waals surface area contributed by atoms with Crippen molar-refractivity contribution in [1.29, 1.82) is 0 Å². The molecule has 25 heavy (non-hydrogen) atoms. The zero-order valence-corrected chi connectivity index (χ0v) is 14.0. The van der Waals surface area contributed by atoms with Crippen LogP contribution in [0.3, 0.4) is 0 Å². The topological polar surface area (TPSA) is 101 Å². The van der Waals surface area contributed by atoms with Crippen molar-refractivity contribution in [3.63, 3.8) is 0 Å². The molecule has 3 amide bonds. The summed E-state index contributed by atoms with van der Waals surface area (Å²) in [5.74, 6) is 0.444. The molecule has 1 rings (SSSR count). The van der Waals surface area contributed by atoms with E-state index in [1.165, 1.54) is 31.2 Å². The third kappa shape index (κ3) is 7.48. The van der Waals surface area contributed by atoms with E-state index in [1.54, 1.807) is 0 Å². The minimum atomic E-state index is -0.905. The van der Waals surface area contributed by atoms with E-state index in [4.69, 9.17) is 12.2 Å². The first-order valence-electron chi connectivity index (χ1n) is 7.88. The molecule has 1 aromatic rings. The molecule has 0 aromatic heterocycles. The number of carbonyl (C=O) groups is 3. The molecule has 134 valence electrons. The van der Waals surface area contributed by atoms with E-state index in [9.17, 15) is 18.8 Å². The highest BCUT2D eigenvalue weighted by molar-refractivity contribution is 5.91. The monoisotopic (exact) mass is 347 g/mol. The number of terminal acetylenes is 1. The van der Waals surface area contributed by atoms with Crippen LogP contribution < -0.4 is 16.4 Å². The van der Waals surface area contributed by atoms with Crippen LogP contribution in [0.25, 0.3) is 0 Å². The number of rotatable bonds is 9. The maximum Gasteiger partial charge on any atom is 0.243 e. The quantitative estimate of drug-likeness (QED) is 0.451. The molecule has 4 N–H and O–H groups in total. The zero-order valence-electron chi connectivity index (χ0n) is 14.0. The summed E-state index contributed by atoms with van der Waals surface area (Å²) >= 11 is 0. The zero-order chi connectivity index (χ0) is 18.8. The van der Waals surface area contributed by atoms with Gasteiger partial charge >= 0.3 is 0 Å². The summed E-state index contributed by atoms with van der Waals surface area (Å²) in [5, 5.41) is 5.07. The molecular weight excluding hydrogens is 325 g/mol. The molecule has 0 unspecified atom stereocenters. The number of nitrogens with one attached hydrogen (secondary N) is 2. The number of hydrogen-bond donors (Lipinski definition) is 3. The average Bonchev–Trinajstić information content (AvgIpc) is 2.54. The van der Waals surface area contributed by atoms with Crippen LogP contribution >= 0.6 is 0 Å². The Bertz CT molecular complexity index is 653. The number of nitrogens with two attached hydrogens (primary N) is 1. The molecule has 0 aliphatic carbocycles. The Labute approximate surface area is 146 Å². The van der Waals surface area contributed by atoms with Crippen molar-refractivity contribution in [1.82, 2.24) is 10.6 Å². The first-order chi connectivity index (χ1) is 11.8. The van der Waals surface area contributed by atoms with E-state index in [0.717, 1.165) is 0 Å². The lowest BCUT2D eigenvalue weighted by Gasteiger charge is -2.21. The lowest BCUT2D eigenvalue weighted by atomic mass is 10.0. The predicted molar refractivity (Wildman–Crippen MR) is 91.5 cm³/mol. The van der Waals surface area contributed by atoms with Gasteiger partial charge in [0, 0.05) is 19.8 Å². The Kier molecular flexibility index (Phi) is 8.13. The van der Waals surface area contributed by atoms with Crippen LogP contribution in [-0.4, -0.2) is 29.8 Å². The molecular formula is C18H22FN3O3. The van der Waals surface area contributed by atoms with Crippen LogP contribution in [0.5, 0.6) is 0 Å². The first kappa shape index (κ1) is 20.2. The summed E-state index contributed by atoms with van der Waals surface area (Å²) < 4.78 is 13.0. The molecule has 2 atom stereocenters. The Hall–Kier alpha value is -2.88. The number of benzene rings is 1.